The fourth-order valence-electron chi connectivity index (χ4n) is 8.66. The summed E-state index contributed by atoms with van der Waals surface area (Å²) < 4.78 is 50.1. The molecule has 3 aromatic rings. The molecular formula is C41H47F3N6O2. The Morgan fingerprint density at radius 1 is 1.10 bits per heavy atom. The Morgan fingerprint density at radius 2 is 1.92 bits per heavy atom. The van der Waals surface area contributed by atoms with Gasteiger partial charge in [0.1, 0.15) is 30.2 Å². The maximum atomic E-state index is 15.0. The monoisotopic (exact) mass is 712 g/mol. The zero-order valence-electron chi connectivity index (χ0n) is 29.9. The van der Waals surface area contributed by atoms with Crippen molar-refractivity contribution in [3.05, 3.63) is 94.2 Å². The standard InChI is InChI=1S/C41H47F3N6O2/c1-4-32-34(44)17-14-28-9-8-11-36(38(28)32)48-20-18-33-35(25-48)46-40(47-39(33)49-19-7-6-10-31(24-49)45-37(51)5-2)52-26-41(3)21-30(43)23-50(41)22-27-12-15-29(42)16-13-27/h1,5,12-17,30-31,36H,2,6-11,18-26H2,3H3,(H,45,51)/t30-,31?,36-,41+/m1/s1. The van der Waals surface area contributed by atoms with Crippen molar-refractivity contribution in [2.75, 3.05) is 37.7 Å². The molecule has 1 unspecified atom stereocenters. The SMILES string of the molecule is C#Cc1c(F)ccc2c1[C@H](N1CCc3c(nc(OC[C@]4(C)C[C@@H](F)CN4Cc4ccc(F)cc4)nc3N3CCCCC(NC(=O)C=C)C3)C1)CCC2. The molecule has 3 aliphatic heterocycles. The minimum Gasteiger partial charge on any atom is -0.461 e. The number of aryl methyl sites for hydroxylation is 1. The van der Waals surface area contributed by atoms with E-state index in [1.54, 1.807) is 12.1 Å². The number of aromatic nitrogens is 2. The average Bonchev–Trinajstić information content (AvgIpc) is 3.26. The molecule has 8 nitrogen and oxygen atoms in total. The highest BCUT2D eigenvalue weighted by Crippen LogP contribution is 2.41. The summed E-state index contributed by atoms with van der Waals surface area (Å²) in [5.74, 6) is 2.55. The zero-order chi connectivity index (χ0) is 36.4. The third-order valence-corrected chi connectivity index (χ3v) is 11.3. The van der Waals surface area contributed by atoms with Crippen LogP contribution in [0.4, 0.5) is 19.0 Å². The van der Waals surface area contributed by atoms with Gasteiger partial charge in [0.15, 0.2) is 0 Å². The van der Waals surface area contributed by atoms with Crippen LogP contribution in [0.1, 0.15) is 85.0 Å². The number of alkyl halides is 1. The van der Waals surface area contributed by atoms with Crippen molar-refractivity contribution in [2.24, 2.45) is 0 Å². The van der Waals surface area contributed by atoms with Gasteiger partial charge in [0.05, 0.1) is 16.8 Å². The van der Waals surface area contributed by atoms with E-state index in [1.807, 2.05) is 13.0 Å². The van der Waals surface area contributed by atoms with Crippen molar-refractivity contribution in [1.29, 1.82) is 0 Å². The van der Waals surface area contributed by atoms with Crippen LogP contribution in [0.3, 0.4) is 0 Å². The van der Waals surface area contributed by atoms with Gasteiger partial charge in [0.2, 0.25) is 5.91 Å². The van der Waals surface area contributed by atoms with E-state index in [2.05, 4.69) is 32.5 Å². The van der Waals surface area contributed by atoms with Crippen molar-refractivity contribution in [1.82, 2.24) is 25.1 Å². The second-order valence-corrected chi connectivity index (χ2v) is 15.0. The van der Waals surface area contributed by atoms with E-state index >= 15 is 4.39 Å². The van der Waals surface area contributed by atoms with E-state index in [0.29, 0.717) is 31.6 Å². The Balaban J connectivity index is 1.20. The minimum absolute atomic E-state index is 0.0444. The number of carbonyl (C=O) groups excluding carboxylic acids is 1. The van der Waals surface area contributed by atoms with Crippen LogP contribution in [-0.2, 0) is 30.7 Å². The molecule has 0 spiro atoms. The molecule has 4 heterocycles. The molecule has 4 aliphatic rings. The number of nitrogens with zero attached hydrogens (tertiary/aromatic N) is 5. The number of ether oxygens (including phenoxy) is 1. The summed E-state index contributed by atoms with van der Waals surface area (Å²) in [4.78, 5) is 29.0. The molecule has 1 aliphatic carbocycles. The topological polar surface area (TPSA) is 73.8 Å². The van der Waals surface area contributed by atoms with E-state index in [1.165, 1.54) is 24.3 Å². The van der Waals surface area contributed by atoms with Crippen molar-refractivity contribution >= 4 is 11.7 Å². The summed E-state index contributed by atoms with van der Waals surface area (Å²) in [7, 11) is 0. The quantitative estimate of drug-likeness (QED) is 0.209. The number of anilines is 1. The first-order valence-electron chi connectivity index (χ1n) is 18.5. The number of amides is 1. The van der Waals surface area contributed by atoms with Gasteiger partial charge in [-0.1, -0.05) is 30.7 Å². The first-order chi connectivity index (χ1) is 25.1. The first-order valence-corrected chi connectivity index (χ1v) is 18.5. The number of fused-ring (bicyclic) bond motifs is 2. The minimum atomic E-state index is -1.03. The highest BCUT2D eigenvalue weighted by atomic mass is 19.1. The number of benzene rings is 2. The maximum absolute atomic E-state index is 15.0. The molecular weight excluding hydrogens is 665 g/mol. The van der Waals surface area contributed by atoms with Gasteiger partial charge in [-0.2, -0.15) is 9.97 Å². The Hall–Kier alpha value is -4.40. The highest BCUT2D eigenvalue weighted by Gasteiger charge is 2.43. The molecule has 2 fully saturated rings. The van der Waals surface area contributed by atoms with E-state index in [9.17, 15) is 13.6 Å². The number of nitrogens with one attached hydrogen (secondary N) is 1. The Morgan fingerprint density at radius 3 is 2.71 bits per heavy atom. The van der Waals surface area contributed by atoms with Crippen molar-refractivity contribution < 1.29 is 22.7 Å². The summed E-state index contributed by atoms with van der Waals surface area (Å²) in [6, 6.07) is 9.75. The number of hydrogen-bond acceptors (Lipinski definition) is 7. The second-order valence-electron chi connectivity index (χ2n) is 15.0. The van der Waals surface area contributed by atoms with E-state index in [-0.39, 0.29) is 55.2 Å². The molecule has 1 amide bonds. The second kappa shape index (κ2) is 15.3. The highest BCUT2D eigenvalue weighted by molar-refractivity contribution is 5.87. The summed E-state index contributed by atoms with van der Waals surface area (Å²) >= 11 is 0. The normalized spacial score (nSPS) is 25.1. The molecule has 11 heteroatoms. The van der Waals surface area contributed by atoms with Crippen LogP contribution in [-0.4, -0.2) is 76.2 Å². The van der Waals surface area contributed by atoms with Crippen molar-refractivity contribution in [2.45, 2.75) is 95.2 Å². The molecule has 1 aromatic heterocycles. The van der Waals surface area contributed by atoms with Crippen LogP contribution >= 0.6 is 0 Å². The molecule has 274 valence electrons. The van der Waals surface area contributed by atoms with E-state index < -0.39 is 11.7 Å². The first kappa shape index (κ1) is 36.0. The van der Waals surface area contributed by atoms with E-state index in [0.717, 1.165) is 85.4 Å². The van der Waals surface area contributed by atoms with Gasteiger partial charge in [-0.25, -0.2) is 13.2 Å². The molecule has 2 aromatic carbocycles. The van der Waals surface area contributed by atoms with Crippen LogP contribution in [0.5, 0.6) is 6.01 Å². The fraction of sp³-hybridized carbons (Fsp3) is 0.488. The molecule has 4 atom stereocenters. The Labute approximate surface area is 304 Å². The van der Waals surface area contributed by atoms with Gasteiger partial charge < -0.3 is 15.0 Å². The van der Waals surface area contributed by atoms with Crippen LogP contribution in [0.15, 0.2) is 49.1 Å². The van der Waals surface area contributed by atoms with Gasteiger partial charge in [-0.15, -0.1) is 6.42 Å². The fourth-order valence-corrected chi connectivity index (χ4v) is 8.66. The van der Waals surface area contributed by atoms with Gasteiger partial charge in [-0.05, 0) is 92.8 Å². The summed E-state index contributed by atoms with van der Waals surface area (Å²) in [6.45, 7) is 9.07. The van der Waals surface area contributed by atoms with Gasteiger partial charge >= 0.3 is 6.01 Å². The summed E-state index contributed by atoms with van der Waals surface area (Å²) in [6.07, 6.45) is 12.6. The van der Waals surface area contributed by atoms with Crippen LogP contribution in [0.25, 0.3) is 0 Å². The number of likely N-dealkylation sites (tertiary alicyclic amines) is 1. The van der Waals surface area contributed by atoms with Crippen molar-refractivity contribution in [3.63, 3.8) is 0 Å². The number of rotatable bonds is 9. The van der Waals surface area contributed by atoms with Crippen LogP contribution in [0.2, 0.25) is 0 Å². The lowest BCUT2D eigenvalue weighted by molar-refractivity contribution is -0.117. The van der Waals surface area contributed by atoms with Gasteiger partial charge in [-0.3, -0.25) is 14.6 Å². The predicted octanol–water partition coefficient (Wildman–Crippen LogP) is 6.21. The number of terminal acetylenes is 1. The molecule has 7 rings (SSSR count). The zero-order valence-corrected chi connectivity index (χ0v) is 29.9. The average molecular weight is 713 g/mol. The van der Waals surface area contributed by atoms with E-state index in [4.69, 9.17) is 21.1 Å². The summed E-state index contributed by atoms with van der Waals surface area (Å²) in [5, 5.41) is 3.09. The van der Waals surface area contributed by atoms with Gasteiger partial charge in [0, 0.05) is 63.3 Å². The van der Waals surface area contributed by atoms with Gasteiger partial charge in [0.25, 0.3) is 0 Å². The smallest absolute Gasteiger partial charge is 0.318 e. The molecule has 0 radical (unpaired) electrons. The number of carbonyl (C=O) groups is 1. The third-order valence-electron chi connectivity index (χ3n) is 11.3. The lowest BCUT2D eigenvalue weighted by Gasteiger charge is -2.40. The largest absolute Gasteiger partial charge is 0.461 e. The molecule has 0 saturated carbocycles. The number of hydrogen-bond donors (Lipinski definition) is 1. The number of halogens is 3. The van der Waals surface area contributed by atoms with Crippen molar-refractivity contribution in [3.8, 4) is 18.4 Å². The molecule has 0 bridgehead atoms. The lowest BCUT2D eigenvalue weighted by atomic mass is 9.83. The summed E-state index contributed by atoms with van der Waals surface area (Å²) in [5.41, 5.74) is 4.49. The Bertz CT molecular complexity index is 1850. The molecule has 2 saturated heterocycles. The lowest BCUT2D eigenvalue weighted by Crippen LogP contribution is -2.46. The maximum Gasteiger partial charge on any atom is 0.318 e. The van der Waals surface area contributed by atoms with Crippen LogP contribution in [0, 0.1) is 24.0 Å². The van der Waals surface area contributed by atoms with Crippen LogP contribution < -0.4 is 15.0 Å². The third kappa shape index (κ3) is 7.55. The molecule has 52 heavy (non-hydrogen) atoms. The molecule has 1 N–H and O–H groups in total. The Kier molecular flexibility index (Phi) is 10.6. The predicted molar refractivity (Wildman–Crippen MR) is 195 cm³/mol.